The Bertz CT molecular complexity index is 1270. The maximum atomic E-state index is 13.2. The lowest BCUT2D eigenvalue weighted by molar-refractivity contribution is -0.145. The van der Waals surface area contributed by atoms with E-state index in [-0.39, 0.29) is 12.1 Å². The standard InChI is InChI=1S/C26H27ClN2O6/c1-4-5-10-21-28-16(2)22(26(33)34-3)24(30)29(21)15-17-11-13-18(14-12-17)35-23(25(31)32)19-8-6-7-9-20(19)27/h6-9,11-14,23H,4-5,10,15H2,1-3H3,(H,31,32). The summed E-state index contributed by atoms with van der Waals surface area (Å²) in [6, 6.07) is 13.3. The van der Waals surface area contributed by atoms with Crippen LogP contribution in [0.1, 0.15) is 58.9 Å². The second-order valence-corrected chi connectivity index (χ2v) is 8.38. The number of nitrogens with zero attached hydrogens (tertiary/aromatic N) is 2. The summed E-state index contributed by atoms with van der Waals surface area (Å²) in [7, 11) is 1.22. The van der Waals surface area contributed by atoms with Gasteiger partial charge in [-0.2, -0.15) is 0 Å². The molecule has 2 aromatic carbocycles. The highest BCUT2D eigenvalue weighted by Crippen LogP contribution is 2.28. The zero-order valence-electron chi connectivity index (χ0n) is 19.8. The molecule has 0 aliphatic rings. The Labute approximate surface area is 208 Å². The first-order chi connectivity index (χ1) is 16.8. The van der Waals surface area contributed by atoms with Gasteiger partial charge in [-0.1, -0.05) is 55.3 Å². The summed E-state index contributed by atoms with van der Waals surface area (Å²) in [6.45, 7) is 3.85. The molecule has 0 saturated carbocycles. The van der Waals surface area contributed by atoms with Crippen molar-refractivity contribution in [3.63, 3.8) is 0 Å². The molecule has 3 rings (SSSR count). The van der Waals surface area contributed by atoms with Gasteiger partial charge in [0.2, 0.25) is 6.10 Å². The fraction of sp³-hybridized carbons (Fsp3) is 0.308. The highest BCUT2D eigenvalue weighted by molar-refractivity contribution is 6.31. The second kappa shape index (κ2) is 11.7. The maximum Gasteiger partial charge on any atom is 0.349 e. The number of hydrogen-bond acceptors (Lipinski definition) is 6. The minimum Gasteiger partial charge on any atom is -0.478 e. The van der Waals surface area contributed by atoms with E-state index >= 15 is 0 Å². The number of unbranched alkanes of at least 4 members (excludes halogenated alkanes) is 1. The fourth-order valence-corrected chi connectivity index (χ4v) is 3.90. The Balaban J connectivity index is 1.90. The van der Waals surface area contributed by atoms with Crippen molar-refractivity contribution in [3.8, 4) is 5.75 Å². The molecular weight excluding hydrogens is 472 g/mol. The second-order valence-electron chi connectivity index (χ2n) is 7.98. The van der Waals surface area contributed by atoms with E-state index in [0.29, 0.717) is 34.3 Å². The number of esters is 1. The monoisotopic (exact) mass is 498 g/mol. The van der Waals surface area contributed by atoms with Crippen molar-refractivity contribution in [2.24, 2.45) is 0 Å². The van der Waals surface area contributed by atoms with Gasteiger partial charge in [-0.05, 0) is 37.1 Å². The lowest BCUT2D eigenvalue weighted by Gasteiger charge is -2.17. The molecule has 1 atom stereocenters. The van der Waals surface area contributed by atoms with Gasteiger partial charge < -0.3 is 14.6 Å². The first-order valence-electron chi connectivity index (χ1n) is 11.2. The van der Waals surface area contributed by atoms with E-state index in [1.165, 1.54) is 11.7 Å². The maximum absolute atomic E-state index is 13.2. The molecule has 1 N–H and O–H groups in total. The molecule has 0 saturated heterocycles. The molecule has 0 fully saturated rings. The van der Waals surface area contributed by atoms with Crippen molar-refractivity contribution < 1.29 is 24.2 Å². The lowest BCUT2D eigenvalue weighted by Crippen LogP contribution is -2.32. The van der Waals surface area contributed by atoms with Crippen LogP contribution in [-0.4, -0.2) is 33.7 Å². The Morgan fingerprint density at radius 2 is 1.83 bits per heavy atom. The summed E-state index contributed by atoms with van der Waals surface area (Å²) in [5, 5.41) is 9.94. The van der Waals surface area contributed by atoms with Crippen LogP contribution < -0.4 is 10.3 Å². The summed E-state index contributed by atoms with van der Waals surface area (Å²) in [5.74, 6) is -0.974. The van der Waals surface area contributed by atoms with Crippen LogP contribution in [0.3, 0.4) is 0 Å². The Morgan fingerprint density at radius 1 is 1.14 bits per heavy atom. The molecule has 184 valence electrons. The van der Waals surface area contributed by atoms with Crippen molar-refractivity contribution in [1.82, 2.24) is 9.55 Å². The highest BCUT2D eigenvalue weighted by atomic mass is 35.5. The van der Waals surface area contributed by atoms with Crippen LogP contribution >= 0.6 is 11.6 Å². The molecule has 35 heavy (non-hydrogen) atoms. The van der Waals surface area contributed by atoms with Crippen molar-refractivity contribution in [3.05, 3.63) is 92.1 Å². The molecular formula is C26H27ClN2O6. The predicted molar refractivity (Wildman–Crippen MR) is 131 cm³/mol. The van der Waals surface area contributed by atoms with Crippen molar-refractivity contribution in [2.75, 3.05) is 7.11 Å². The van der Waals surface area contributed by atoms with Gasteiger partial charge in [0, 0.05) is 17.0 Å². The van der Waals surface area contributed by atoms with Crippen LogP contribution in [0.25, 0.3) is 0 Å². The summed E-state index contributed by atoms with van der Waals surface area (Å²) in [6.07, 6.45) is 1.08. The number of carboxylic acids is 1. The third-order valence-electron chi connectivity index (χ3n) is 5.50. The van der Waals surface area contributed by atoms with Crippen LogP contribution in [-0.2, 0) is 22.5 Å². The lowest BCUT2D eigenvalue weighted by atomic mass is 10.1. The van der Waals surface area contributed by atoms with Crippen LogP contribution in [0.15, 0.2) is 53.3 Å². The summed E-state index contributed by atoms with van der Waals surface area (Å²) in [4.78, 5) is 41.7. The number of aryl methyl sites for hydroxylation is 2. The average molecular weight is 499 g/mol. The van der Waals surface area contributed by atoms with Crippen molar-refractivity contribution in [1.29, 1.82) is 0 Å². The average Bonchev–Trinajstić information content (AvgIpc) is 2.84. The van der Waals surface area contributed by atoms with Gasteiger partial charge in [0.25, 0.3) is 5.56 Å². The van der Waals surface area contributed by atoms with Crippen LogP contribution in [0.5, 0.6) is 5.75 Å². The molecule has 1 aromatic heterocycles. The molecule has 0 spiro atoms. The number of methoxy groups -OCH3 is 1. The number of benzene rings is 2. The number of ether oxygens (including phenoxy) is 2. The topological polar surface area (TPSA) is 108 Å². The number of carboxylic acid groups (broad SMARTS) is 1. The van der Waals surface area contributed by atoms with Crippen LogP contribution in [0.4, 0.5) is 0 Å². The van der Waals surface area contributed by atoms with E-state index in [1.807, 2.05) is 6.92 Å². The van der Waals surface area contributed by atoms with Gasteiger partial charge >= 0.3 is 11.9 Å². The summed E-state index contributed by atoms with van der Waals surface area (Å²) in [5.41, 5.74) is 0.895. The minimum absolute atomic E-state index is 0.0864. The molecule has 0 aliphatic carbocycles. The minimum atomic E-state index is -1.28. The molecule has 0 amide bonds. The van der Waals surface area contributed by atoms with E-state index in [2.05, 4.69) is 4.98 Å². The number of aliphatic carboxylic acids is 1. The summed E-state index contributed by atoms with van der Waals surface area (Å²) < 4.78 is 12.0. The van der Waals surface area contributed by atoms with Gasteiger partial charge in [0.05, 0.1) is 19.3 Å². The SMILES string of the molecule is CCCCc1nc(C)c(C(=O)OC)c(=O)n1Cc1ccc(OC(C(=O)O)c2ccccc2Cl)cc1. The number of halogens is 1. The number of hydrogen-bond donors (Lipinski definition) is 1. The van der Waals surface area contributed by atoms with E-state index in [1.54, 1.807) is 55.5 Å². The Hall–Kier alpha value is -3.65. The number of rotatable bonds is 10. The normalized spacial score (nSPS) is 11.7. The molecule has 1 unspecified atom stereocenters. The van der Waals surface area contributed by atoms with Crippen LogP contribution in [0, 0.1) is 6.92 Å². The van der Waals surface area contributed by atoms with Gasteiger partial charge in [-0.15, -0.1) is 0 Å². The Morgan fingerprint density at radius 3 is 2.43 bits per heavy atom. The third-order valence-corrected chi connectivity index (χ3v) is 5.85. The van der Waals surface area contributed by atoms with Crippen molar-refractivity contribution in [2.45, 2.75) is 45.8 Å². The summed E-state index contributed by atoms with van der Waals surface area (Å²) >= 11 is 6.15. The van der Waals surface area contributed by atoms with Gasteiger partial charge in [-0.3, -0.25) is 9.36 Å². The van der Waals surface area contributed by atoms with Gasteiger partial charge in [0.15, 0.2) is 0 Å². The highest BCUT2D eigenvalue weighted by Gasteiger charge is 2.24. The Kier molecular flexibility index (Phi) is 8.65. The van der Waals surface area contributed by atoms with Gasteiger partial charge in [0.1, 0.15) is 17.1 Å². The van der Waals surface area contributed by atoms with E-state index < -0.39 is 23.6 Å². The van der Waals surface area contributed by atoms with E-state index in [9.17, 15) is 19.5 Å². The molecule has 0 bridgehead atoms. The van der Waals surface area contributed by atoms with E-state index in [0.717, 1.165) is 18.4 Å². The first kappa shape index (κ1) is 26.0. The molecule has 8 nitrogen and oxygen atoms in total. The quantitative estimate of drug-likeness (QED) is 0.407. The number of carbonyl (C=O) groups is 2. The van der Waals surface area contributed by atoms with Crippen molar-refractivity contribution >= 4 is 23.5 Å². The third kappa shape index (κ3) is 6.08. The molecule has 1 heterocycles. The smallest absolute Gasteiger partial charge is 0.349 e. The van der Waals surface area contributed by atoms with E-state index in [4.69, 9.17) is 21.1 Å². The molecule has 0 aliphatic heterocycles. The first-order valence-corrected chi connectivity index (χ1v) is 11.6. The molecule has 9 heteroatoms. The predicted octanol–water partition coefficient (Wildman–Crippen LogP) is 4.59. The van der Waals surface area contributed by atoms with Crippen LogP contribution in [0.2, 0.25) is 5.02 Å². The zero-order chi connectivity index (χ0) is 25.5. The molecule has 0 radical (unpaired) electrons. The van der Waals surface area contributed by atoms with Gasteiger partial charge in [-0.25, -0.2) is 14.6 Å². The largest absolute Gasteiger partial charge is 0.478 e. The zero-order valence-corrected chi connectivity index (χ0v) is 20.5. The fourth-order valence-electron chi connectivity index (χ4n) is 3.67. The number of aromatic nitrogens is 2. The number of carbonyl (C=O) groups excluding carboxylic acids is 1. The molecule has 3 aromatic rings.